The van der Waals surface area contributed by atoms with Crippen LogP contribution in [0.2, 0.25) is 5.02 Å². The Hall–Kier alpha value is -1.36. The predicted molar refractivity (Wildman–Crippen MR) is 98.5 cm³/mol. The Bertz CT molecular complexity index is 663. The number of carbonyl (C=O) groups is 1. The van der Waals surface area contributed by atoms with Crippen molar-refractivity contribution in [1.82, 2.24) is 5.32 Å². The van der Waals surface area contributed by atoms with Crippen molar-refractivity contribution in [2.45, 2.75) is 43.6 Å². The number of amides is 1. The SMILES string of the molecule is O=C(NCC[C@H](O)c1cccs1)C1(c2ccc(Cl)cc2)CCCC1. The van der Waals surface area contributed by atoms with Crippen LogP contribution in [-0.2, 0) is 10.2 Å². The number of rotatable bonds is 6. The first-order valence-corrected chi connectivity index (χ1v) is 9.63. The normalized spacial score (nSPS) is 17.6. The van der Waals surface area contributed by atoms with Gasteiger partial charge in [0.25, 0.3) is 0 Å². The highest BCUT2D eigenvalue weighted by molar-refractivity contribution is 7.10. The lowest BCUT2D eigenvalue weighted by Crippen LogP contribution is -2.43. The first-order chi connectivity index (χ1) is 11.6. The van der Waals surface area contributed by atoms with Crippen LogP contribution in [0.1, 0.15) is 48.6 Å². The summed E-state index contributed by atoms with van der Waals surface area (Å²) in [6.07, 6.45) is 3.88. The molecule has 0 spiro atoms. The number of nitrogens with one attached hydrogen (secondary N) is 1. The zero-order chi connectivity index (χ0) is 17.0. The number of aliphatic hydroxyl groups excluding tert-OH is 1. The summed E-state index contributed by atoms with van der Waals surface area (Å²) in [7, 11) is 0. The number of thiophene rings is 1. The molecule has 24 heavy (non-hydrogen) atoms. The van der Waals surface area contributed by atoms with Gasteiger partial charge in [-0.3, -0.25) is 4.79 Å². The van der Waals surface area contributed by atoms with Gasteiger partial charge in [-0.15, -0.1) is 11.3 Å². The highest BCUT2D eigenvalue weighted by Crippen LogP contribution is 2.41. The zero-order valence-corrected chi connectivity index (χ0v) is 15.1. The molecule has 1 aliphatic rings. The third-order valence-electron chi connectivity index (χ3n) is 4.86. The molecule has 1 saturated carbocycles. The number of hydrogen-bond donors (Lipinski definition) is 2. The molecule has 1 atom stereocenters. The average Bonchev–Trinajstić information content (AvgIpc) is 3.28. The first kappa shape index (κ1) is 17.5. The van der Waals surface area contributed by atoms with Crippen molar-refractivity contribution >= 4 is 28.8 Å². The second-order valence-corrected chi connectivity index (χ2v) is 7.79. The highest BCUT2D eigenvalue weighted by Gasteiger charge is 2.42. The predicted octanol–water partition coefficient (Wildman–Crippen LogP) is 4.45. The van der Waals surface area contributed by atoms with Crippen molar-refractivity contribution in [3.05, 3.63) is 57.2 Å². The minimum absolute atomic E-state index is 0.0701. The van der Waals surface area contributed by atoms with E-state index in [9.17, 15) is 9.90 Å². The molecule has 3 nitrogen and oxygen atoms in total. The minimum Gasteiger partial charge on any atom is -0.388 e. The lowest BCUT2D eigenvalue weighted by atomic mass is 9.78. The lowest BCUT2D eigenvalue weighted by molar-refractivity contribution is -0.126. The standard InChI is InChI=1S/C19H22ClNO2S/c20-15-7-5-14(6-8-15)19(10-1-2-11-19)18(23)21-12-9-16(22)17-4-3-13-24-17/h3-8,13,16,22H,1-2,9-12H2,(H,21,23)/t16-/m0/s1. The number of benzene rings is 1. The Morgan fingerprint density at radius 3 is 2.58 bits per heavy atom. The van der Waals surface area contributed by atoms with Crippen molar-refractivity contribution in [2.24, 2.45) is 0 Å². The van der Waals surface area contributed by atoms with Crippen molar-refractivity contribution < 1.29 is 9.90 Å². The molecular formula is C19H22ClNO2S. The molecule has 1 aromatic carbocycles. The van der Waals surface area contributed by atoms with E-state index < -0.39 is 11.5 Å². The second-order valence-electron chi connectivity index (χ2n) is 6.37. The molecule has 0 bridgehead atoms. The minimum atomic E-state index is -0.514. The zero-order valence-electron chi connectivity index (χ0n) is 13.5. The fourth-order valence-corrected chi connectivity index (χ4v) is 4.38. The fourth-order valence-electron chi connectivity index (χ4n) is 3.51. The van der Waals surface area contributed by atoms with Gasteiger partial charge in [-0.05, 0) is 48.4 Å². The van der Waals surface area contributed by atoms with E-state index in [2.05, 4.69) is 5.32 Å². The molecule has 1 aromatic heterocycles. The largest absolute Gasteiger partial charge is 0.388 e. The summed E-state index contributed by atoms with van der Waals surface area (Å²) in [6.45, 7) is 0.479. The van der Waals surface area contributed by atoms with Gasteiger partial charge in [0.2, 0.25) is 5.91 Å². The highest BCUT2D eigenvalue weighted by atomic mass is 35.5. The molecule has 128 valence electrons. The molecule has 0 unspecified atom stereocenters. The van der Waals surface area contributed by atoms with E-state index in [0.717, 1.165) is 36.1 Å². The average molecular weight is 364 g/mol. The molecule has 1 fully saturated rings. The second kappa shape index (κ2) is 7.68. The topological polar surface area (TPSA) is 49.3 Å². The van der Waals surface area contributed by atoms with Crippen molar-refractivity contribution in [3.8, 4) is 0 Å². The van der Waals surface area contributed by atoms with E-state index in [1.54, 1.807) is 0 Å². The Morgan fingerprint density at radius 1 is 1.25 bits per heavy atom. The number of aliphatic hydroxyl groups is 1. The van der Waals surface area contributed by atoms with E-state index in [4.69, 9.17) is 11.6 Å². The summed E-state index contributed by atoms with van der Waals surface area (Å²) in [4.78, 5) is 13.8. The van der Waals surface area contributed by atoms with E-state index in [-0.39, 0.29) is 5.91 Å². The monoisotopic (exact) mass is 363 g/mol. The van der Waals surface area contributed by atoms with E-state index in [1.807, 2.05) is 41.8 Å². The van der Waals surface area contributed by atoms with Crippen LogP contribution in [0.5, 0.6) is 0 Å². The van der Waals surface area contributed by atoms with Gasteiger partial charge in [0, 0.05) is 16.4 Å². The molecular weight excluding hydrogens is 342 g/mol. The van der Waals surface area contributed by atoms with Gasteiger partial charge in [-0.1, -0.05) is 42.6 Å². The first-order valence-electron chi connectivity index (χ1n) is 8.38. The van der Waals surface area contributed by atoms with Gasteiger partial charge in [0.15, 0.2) is 0 Å². The van der Waals surface area contributed by atoms with Crippen LogP contribution in [0.4, 0.5) is 0 Å². The lowest BCUT2D eigenvalue weighted by Gasteiger charge is -2.28. The maximum absolute atomic E-state index is 12.9. The van der Waals surface area contributed by atoms with Crippen LogP contribution in [0.3, 0.4) is 0 Å². The molecule has 2 N–H and O–H groups in total. The van der Waals surface area contributed by atoms with Gasteiger partial charge in [0.1, 0.15) is 0 Å². The van der Waals surface area contributed by atoms with Crippen molar-refractivity contribution in [3.63, 3.8) is 0 Å². The Balaban J connectivity index is 1.64. The van der Waals surface area contributed by atoms with Gasteiger partial charge in [0.05, 0.1) is 11.5 Å². The molecule has 0 saturated heterocycles. The summed E-state index contributed by atoms with van der Waals surface area (Å²) in [5.41, 5.74) is 0.596. The van der Waals surface area contributed by atoms with Crippen LogP contribution in [-0.4, -0.2) is 17.6 Å². The van der Waals surface area contributed by atoms with E-state index in [0.29, 0.717) is 18.0 Å². The molecule has 1 aliphatic carbocycles. The molecule has 5 heteroatoms. The van der Waals surface area contributed by atoms with Crippen LogP contribution in [0, 0.1) is 0 Å². The van der Waals surface area contributed by atoms with Crippen LogP contribution < -0.4 is 5.32 Å². The molecule has 0 radical (unpaired) electrons. The Morgan fingerprint density at radius 2 is 1.96 bits per heavy atom. The van der Waals surface area contributed by atoms with Crippen molar-refractivity contribution in [2.75, 3.05) is 6.54 Å². The maximum Gasteiger partial charge on any atom is 0.230 e. The molecule has 2 aromatic rings. The van der Waals surface area contributed by atoms with E-state index >= 15 is 0 Å². The Labute approximate surface area is 151 Å². The molecule has 1 heterocycles. The number of halogens is 1. The van der Waals surface area contributed by atoms with Gasteiger partial charge < -0.3 is 10.4 Å². The van der Waals surface area contributed by atoms with Gasteiger partial charge in [-0.25, -0.2) is 0 Å². The number of hydrogen-bond acceptors (Lipinski definition) is 3. The van der Waals surface area contributed by atoms with Gasteiger partial charge in [-0.2, -0.15) is 0 Å². The van der Waals surface area contributed by atoms with Crippen LogP contribution in [0.15, 0.2) is 41.8 Å². The van der Waals surface area contributed by atoms with E-state index in [1.165, 1.54) is 11.3 Å². The Kier molecular flexibility index (Phi) is 5.59. The third kappa shape index (κ3) is 3.66. The summed E-state index contributed by atoms with van der Waals surface area (Å²) in [5.74, 6) is 0.0701. The summed E-state index contributed by atoms with van der Waals surface area (Å²) < 4.78 is 0. The van der Waals surface area contributed by atoms with Crippen LogP contribution in [0.25, 0.3) is 0 Å². The summed E-state index contributed by atoms with van der Waals surface area (Å²) >= 11 is 7.52. The summed E-state index contributed by atoms with van der Waals surface area (Å²) in [6, 6.07) is 11.5. The number of carbonyl (C=O) groups excluding carboxylic acids is 1. The quantitative estimate of drug-likeness (QED) is 0.796. The molecule has 1 amide bonds. The third-order valence-corrected chi connectivity index (χ3v) is 6.09. The van der Waals surface area contributed by atoms with Crippen molar-refractivity contribution in [1.29, 1.82) is 0 Å². The van der Waals surface area contributed by atoms with Gasteiger partial charge >= 0.3 is 0 Å². The molecule has 0 aliphatic heterocycles. The summed E-state index contributed by atoms with van der Waals surface area (Å²) in [5, 5.41) is 15.8. The fraction of sp³-hybridized carbons (Fsp3) is 0.421. The molecule has 3 rings (SSSR count). The van der Waals surface area contributed by atoms with Crippen LogP contribution >= 0.6 is 22.9 Å². The maximum atomic E-state index is 12.9. The smallest absolute Gasteiger partial charge is 0.230 e.